The molecule has 0 spiro atoms. The number of nitrogen functional groups attached to an aromatic ring is 1. The van der Waals surface area contributed by atoms with Crippen molar-refractivity contribution in [2.45, 2.75) is 31.6 Å². The van der Waals surface area contributed by atoms with Crippen molar-refractivity contribution in [2.24, 2.45) is 5.73 Å². The summed E-state index contributed by atoms with van der Waals surface area (Å²) in [7, 11) is 2.70. The summed E-state index contributed by atoms with van der Waals surface area (Å²) in [5.74, 6) is -0.616. The third-order valence-corrected chi connectivity index (χ3v) is 6.59. The lowest BCUT2D eigenvalue weighted by atomic mass is 10.0. The van der Waals surface area contributed by atoms with Gasteiger partial charge >= 0.3 is 6.18 Å². The van der Waals surface area contributed by atoms with Crippen molar-refractivity contribution >= 4 is 41.0 Å². The molecule has 9 nitrogen and oxygen atoms in total. The molecule has 2 aromatic carbocycles. The number of rotatable bonds is 6. The van der Waals surface area contributed by atoms with E-state index in [-0.39, 0.29) is 64.9 Å². The number of carbonyl (C=O) groups is 1. The van der Waals surface area contributed by atoms with Crippen LogP contribution in [0.2, 0.25) is 0 Å². The Morgan fingerprint density at radius 1 is 1.15 bits per heavy atom. The van der Waals surface area contributed by atoms with Gasteiger partial charge in [0.15, 0.2) is 17.3 Å². The van der Waals surface area contributed by atoms with Gasteiger partial charge in [-0.25, -0.2) is 9.37 Å². The topological polar surface area (TPSA) is 120 Å². The first-order valence-electron chi connectivity index (χ1n) is 11.8. The van der Waals surface area contributed by atoms with Crippen molar-refractivity contribution in [2.75, 3.05) is 44.5 Å². The molecule has 0 aliphatic carbocycles. The Balaban J connectivity index is 0.00000420. The van der Waals surface area contributed by atoms with E-state index in [4.69, 9.17) is 20.9 Å². The van der Waals surface area contributed by atoms with Crippen molar-refractivity contribution in [1.29, 1.82) is 0 Å². The molecule has 1 amide bonds. The molecule has 1 aliphatic heterocycles. The van der Waals surface area contributed by atoms with E-state index in [2.05, 4.69) is 9.97 Å². The van der Waals surface area contributed by atoms with Crippen LogP contribution in [-0.2, 0) is 11.0 Å². The van der Waals surface area contributed by atoms with Crippen LogP contribution in [0.4, 0.5) is 29.3 Å². The first-order valence-corrected chi connectivity index (χ1v) is 11.8. The van der Waals surface area contributed by atoms with E-state index in [9.17, 15) is 18.0 Å². The molecule has 4 rings (SSSR count). The Labute approximate surface area is 228 Å². The molecule has 212 valence electrons. The van der Waals surface area contributed by atoms with E-state index in [1.165, 1.54) is 32.4 Å². The summed E-state index contributed by atoms with van der Waals surface area (Å²) in [6.07, 6.45) is -4.51. The van der Waals surface area contributed by atoms with Crippen LogP contribution in [0, 0.1) is 5.82 Å². The third-order valence-electron chi connectivity index (χ3n) is 6.59. The Hall–Kier alpha value is -3.58. The number of benzene rings is 2. The van der Waals surface area contributed by atoms with Crippen molar-refractivity contribution < 1.29 is 31.8 Å². The number of anilines is 2. The smallest absolute Gasteiger partial charge is 0.416 e. The Morgan fingerprint density at radius 3 is 2.38 bits per heavy atom. The maximum Gasteiger partial charge on any atom is 0.416 e. The van der Waals surface area contributed by atoms with E-state index >= 15 is 4.39 Å². The normalized spacial score (nSPS) is 16.6. The number of nitrogens with zero attached hydrogens (tertiary/aromatic N) is 4. The van der Waals surface area contributed by atoms with Gasteiger partial charge in [-0.05, 0) is 30.7 Å². The van der Waals surface area contributed by atoms with Gasteiger partial charge in [-0.2, -0.15) is 18.2 Å². The van der Waals surface area contributed by atoms with Crippen LogP contribution in [0.15, 0.2) is 30.3 Å². The highest BCUT2D eigenvalue weighted by Gasteiger charge is 2.32. The van der Waals surface area contributed by atoms with Gasteiger partial charge in [-0.1, -0.05) is 12.1 Å². The monoisotopic (exact) mass is 572 g/mol. The fourth-order valence-corrected chi connectivity index (χ4v) is 4.50. The average Bonchev–Trinajstić information content (AvgIpc) is 2.88. The molecule has 0 radical (unpaired) electrons. The predicted molar refractivity (Wildman–Crippen MR) is 141 cm³/mol. The molecular weight excluding hydrogens is 544 g/mol. The first-order chi connectivity index (χ1) is 17.9. The van der Waals surface area contributed by atoms with Crippen molar-refractivity contribution in [3.8, 4) is 11.5 Å². The second-order valence-electron chi connectivity index (χ2n) is 9.04. The van der Waals surface area contributed by atoms with E-state index in [0.29, 0.717) is 25.2 Å². The standard InChI is InChI=1S/C25H28F4N6O3.ClH/c1-13-12-34(19(36)11-17(30)14-4-6-15(7-5-14)25(27,28)29)8-9-35(13)24-32-21-16(23(31)33-24)10-18(37-2)22(38-3)20(21)26;/h4-7,10,13,17H,8-9,11-12,30H2,1-3H3,(H2,31,32,33);1H/t13-,17+;/m0./s1. The summed E-state index contributed by atoms with van der Waals surface area (Å²) in [5.41, 5.74) is 11.9. The number of hydrogen-bond donors (Lipinski definition) is 2. The molecule has 14 heteroatoms. The van der Waals surface area contributed by atoms with Crippen LogP contribution in [-0.4, -0.2) is 60.7 Å². The minimum Gasteiger partial charge on any atom is -0.493 e. The molecule has 4 N–H and O–H groups in total. The molecule has 3 aromatic rings. The number of amides is 1. The number of piperazine rings is 1. The summed E-state index contributed by atoms with van der Waals surface area (Å²) in [5, 5.41) is 0.280. The van der Waals surface area contributed by atoms with Crippen LogP contribution in [0.5, 0.6) is 11.5 Å². The van der Waals surface area contributed by atoms with Crippen molar-refractivity contribution in [3.63, 3.8) is 0 Å². The van der Waals surface area contributed by atoms with Crippen LogP contribution in [0.25, 0.3) is 10.9 Å². The van der Waals surface area contributed by atoms with E-state index < -0.39 is 23.6 Å². The van der Waals surface area contributed by atoms with Gasteiger partial charge in [-0.3, -0.25) is 4.79 Å². The number of ether oxygens (including phenoxy) is 2. The zero-order valence-corrected chi connectivity index (χ0v) is 22.3. The van der Waals surface area contributed by atoms with E-state index in [1.807, 2.05) is 11.8 Å². The Bertz CT molecular complexity index is 1340. The van der Waals surface area contributed by atoms with Crippen LogP contribution >= 0.6 is 12.4 Å². The molecule has 0 bridgehead atoms. The number of halogens is 5. The highest BCUT2D eigenvalue weighted by atomic mass is 35.5. The summed E-state index contributed by atoms with van der Waals surface area (Å²) in [6, 6.07) is 4.98. The predicted octanol–water partition coefficient (Wildman–Crippen LogP) is 3.94. The van der Waals surface area contributed by atoms with E-state index in [1.54, 1.807) is 4.90 Å². The van der Waals surface area contributed by atoms with Crippen LogP contribution in [0.1, 0.15) is 30.5 Å². The minimum atomic E-state index is -4.45. The second-order valence-corrected chi connectivity index (χ2v) is 9.04. The quantitative estimate of drug-likeness (QED) is 0.426. The van der Waals surface area contributed by atoms with Crippen LogP contribution < -0.4 is 25.8 Å². The average molecular weight is 573 g/mol. The largest absolute Gasteiger partial charge is 0.493 e. The number of hydrogen-bond acceptors (Lipinski definition) is 8. The zero-order chi connectivity index (χ0) is 27.8. The lowest BCUT2D eigenvalue weighted by molar-refractivity contribution is -0.137. The lowest BCUT2D eigenvalue weighted by Gasteiger charge is -2.40. The highest BCUT2D eigenvalue weighted by molar-refractivity contribution is 5.92. The molecule has 2 atom stereocenters. The zero-order valence-electron chi connectivity index (χ0n) is 21.5. The van der Waals surface area contributed by atoms with Crippen molar-refractivity contribution in [1.82, 2.24) is 14.9 Å². The second kappa shape index (κ2) is 11.7. The number of alkyl halides is 3. The molecule has 1 aromatic heterocycles. The molecule has 0 saturated carbocycles. The highest BCUT2D eigenvalue weighted by Crippen LogP contribution is 2.38. The number of nitrogens with two attached hydrogens (primary N) is 2. The molecule has 1 aliphatic rings. The summed E-state index contributed by atoms with van der Waals surface area (Å²) in [6.45, 7) is 2.85. The molecule has 0 unspecified atom stereocenters. The number of methoxy groups -OCH3 is 2. The fourth-order valence-electron chi connectivity index (χ4n) is 4.50. The molecular formula is C25H29ClF4N6O3. The number of carbonyl (C=O) groups excluding carboxylic acids is 1. The Morgan fingerprint density at radius 2 is 1.82 bits per heavy atom. The third kappa shape index (κ3) is 6.04. The first kappa shape index (κ1) is 30.0. The van der Waals surface area contributed by atoms with Gasteiger partial charge < -0.3 is 30.7 Å². The Kier molecular flexibility index (Phi) is 8.96. The summed E-state index contributed by atoms with van der Waals surface area (Å²) < 4.78 is 63.9. The number of aromatic nitrogens is 2. The van der Waals surface area contributed by atoms with Gasteiger partial charge in [0.05, 0.1) is 19.8 Å². The summed E-state index contributed by atoms with van der Waals surface area (Å²) >= 11 is 0. The van der Waals surface area contributed by atoms with Gasteiger partial charge in [0.2, 0.25) is 11.9 Å². The van der Waals surface area contributed by atoms with Gasteiger partial charge in [-0.15, -0.1) is 12.4 Å². The SMILES string of the molecule is COc1cc2c(N)nc(N3CCN(C(=O)C[C@@H](N)c4ccc(C(F)(F)F)cc4)C[C@@H]3C)nc2c(F)c1OC.Cl. The van der Waals surface area contributed by atoms with Gasteiger partial charge in [0.1, 0.15) is 11.3 Å². The van der Waals surface area contributed by atoms with Gasteiger partial charge in [0, 0.05) is 43.5 Å². The van der Waals surface area contributed by atoms with Crippen LogP contribution in [0.3, 0.4) is 0 Å². The minimum absolute atomic E-state index is 0. The fraction of sp³-hybridized carbons (Fsp3) is 0.400. The maximum atomic E-state index is 15.2. The number of fused-ring (bicyclic) bond motifs is 1. The molecule has 1 saturated heterocycles. The lowest BCUT2D eigenvalue weighted by Crippen LogP contribution is -2.54. The van der Waals surface area contributed by atoms with Crippen molar-refractivity contribution in [3.05, 3.63) is 47.3 Å². The molecule has 39 heavy (non-hydrogen) atoms. The summed E-state index contributed by atoms with van der Waals surface area (Å²) in [4.78, 5) is 25.1. The maximum absolute atomic E-state index is 15.2. The van der Waals surface area contributed by atoms with Gasteiger partial charge in [0.25, 0.3) is 0 Å². The van der Waals surface area contributed by atoms with E-state index in [0.717, 1.165) is 12.1 Å². The molecule has 1 fully saturated rings. The molecule has 2 heterocycles.